The topological polar surface area (TPSA) is 95.1 Å². The average molecular weight is 387 g/mol. The molecule has 2 aromatic rings. The second kappa shape index (κ2) is 6.86. The number of nitrogens with one attached hydrogen (secondary N) is 1. The van der Waals surface area contributed by atoms with Gasteiger partial charge in [-0.2, -0.15) is 10.2 Å². The summed E-state index contributed by atoms with van der Waals surface area (Å²) in [5.74, 6) is -0.0688. The molecule has 9 heteroatoms. The minimum Gasteiger partial charge on any atom is -0.339 e. The lowest BCUT2D eigenvalue weighted by molar-refractivity contribution is 0.169. The van der Waals surface area contributed by atoms with Crippen LogP contribution in [0.3, 0.4) is 0 Å². The molecule has 1 saturated carbocycles. The summed E-state index contributed by atoms with van der Waals surface area (Å²) in [6.07, 6.45) is 0.702. The standard InChI is InChI=1S/C19H19F2N5O2/c1-19(17-24-16(28-25-17)12-9-14(12)21)5-7-26(8-6-19)18(27)23-15-11(10-22)3-2-4-13(15)20/h2-4,12,14H,5-9H2,1H3,(H,23,27)/t12-,14+/m1/s1. The second-order valence-electron chi connectivity index (χ2n) is 7.57. The number of benzene rings is 1. The summed E-state index contributed by atoms with van der Waals surface area (Å²) < 4.78 is 32.4. The van der Waals surface area contributed by atoms with Crippen LogP contribution in [-0.2, 0) is 5.41 Å². The number of amides is 2. The van der Waals surface area contributed by atoms with Crippen LogP contribution in [-0.4, -0.2) is 40.3 Å². The molecule has 2 aliphatic rings. The van der Waals surface area contributed by atoms with Crippen molar-refractivity contribution in [3.8, 4) is 6.07 Å². The molecule has 2 atom stereocenters. The second-order valence-corrected chi connectivity index (χ2v) is 7.57. The Kier molecular flexibility index (Phi) is 4.49. The lowest BCUT2D eigenvalue weighted by Gasteiger charge is -2.37. The number of alkyl halides is 1. The number of likely N-dealkylation sites (tertiary alicyclic amines) is 1. The molecule has 2 amide bonds. The van der Waals surface area contributed by atoms with Crippen LogP contribution in [0.2, 0.25) is 0 Å². The summed E-state index contributed by atoms with van der Waals surface area (Å²) in [5.41, 5.74) is -0.424. The van der Waals surface area contributed by atoms with E-state index in [1.807, 2.05) is 13.0 Å². The van der Waals surface area contributed by atoms with E-state index in [1.54, 1.807) is 4.90 Å². The van der Waals surface area contributed by atoms with Gasteiger partial charge in [-0.1, -0.05) is 18.1 Å². The van der Waals surface area contributed by atoms with Crippen molar-refractivity contribution in [2.24, 2.45) is 0 Å². The number of piperidine rings is 1. The van der Waals surface area contributed by atoms with Crippen molar-refractivity contribution in [3.63, 3.8) is 0 Å². The van der Waals surface area contributed by atoms with Crippen molar-refractivity contribution >= 4 is 11.7 Å². The Morgan fingerprint density at radius 3 is 2.79 bits per heavy atom. The van der Waals surface area contributed by atoms with E-state index in [-0.39, 0.29) is 22.6 Å². The first-order valence-corrected chi connectivity index (χ1v) is 9.14. The molecular formula is C19H19F2N5O2. The summed E-state index contributed by atoms with van der Waals surface area (Å²) in [6, 6.07) is 5.47. The maximum Gasteiger partial charge on any atom is 0.321 e. The van der Waals surface area contributed by atoms with Crippen LogP contribution in [0.5, 0.6) is 0 Å². The first kappa shape index (κ1) is 18.3. The van der Waals surface area contributed by atoms with E-state index in [0.29, 0.717) is 44.1 Å². The Morgan fingerprint density at radius 1 is 1.43 bits per heavy atom. The van der Waals surface area contributed by atoms with Crippen LogP contribution in [0.15, 0.2) is 22.7 Å². The van der Waals surface area contributed by atoms with E-state index >= 15 is 0 Å². The molecule has 146 valence electrons. The first-order valence-electron chi connectivity index (χ1n) is 9.14. The number of rotatable bonds is 3. The van der Waals surface area contributed by atoms with Crippen LogP contribution in [0, 0.1) is 17.1 Å². The summed E-state index contributed by atoms with van der Waals surface area (Å²) in [7, 11) is 0. The van der Waals surface area contributed by atoms with Gasteiger partial charge in [0.2, 0.25) is 5.89 Å². The van der Waals surface area contributed by atoms with Gasteiger partial charge in [0.25, 0.3) is 0 Å². The van der Waals surface area contributed by atoms with Crippen molar-refractivity contribution in [1.82, 2.24) is 15.0 Å². The summed E-state index contributed by atoms with van der Waals surface area (Å²) in [4.78, 5) is 18.5. The SMILES string of the molecule is CC1(c2noc([C@@H]3C[C@@H]3F)n2)CCN(C(=O)Nc2c(F)cccc2C#N)CC1. The molecule has 0 unspecified atom stereocenters. The number of carbonyl (C=O) groups excluding carboxylic acids is 1. The van der Waals surface area contributed by atoms with Gasteiger partial charge in [-0.3, -0.25) is 0 Å². The van der Waals surface area contributed by atoms with Gasteiger partial charge < -0.3 is 14.7 Å². The van der Waals surface area contributed by atoms with Gasteiger partial charge in [0.15, 0.2) is 5.82 Å². The van der Waals surface area contributed by atoms with Crippen molar-refractivity contribution in [3.05, 3.63) is 41.3 Å². The quantitative estimate of drug-likeness (QED) is 0.870. The Bertz CT molecular complexity index is 946. The molecule has 2 heterocycles. The van der Waals surface area contributed by atoms with Crippen molar-refractivity contribution in [1.29, 1.82) is 5.26 Å². The zero-order valence-electron chi connectivity index (χ0n) is 15.3. The Hall–Kier alpha value is -3.02. The van der Waals surface area contributed by atoms with Gasteiger partial charge in [0, 0.05) is 18.5 Å². The number of carbonyl (C=O) groups is 1. The van der Waals surface area contributed by atoms with Crippen molar-refractivity contribution in [2.45, 2.75) is 43.7 Å². The van der Waals surface area contributed by atoms with Gasteiger partial charge in [-0.05, 0) is 31.4 Å². The van der Waals surface area contributed by atoms with Crippen LogP contribution in [0.4, 0.5) is 19.3 Å². The van der Waals surface area contributed by atoms with E-state index in [9.17, 15) is 13.6 Å². The minimum absolute atomic E-state index is 0.0702. The number of hydrogen-bond donors (Lipinski definition) is 1. The summed E-state index contributed by atoms with van der Waals surface area (Å²) in [5, 5.41) is 15.6. The fraction of sp³-hybridized carbons (Fsp3) is 0.474. The Labute approximate surface area is 160 Å². The zero-order chi connectivity index (χ0) is 19.9. The smallest absolute Gasteiger partial charge is 0.321 e. The molecular weight excluding hydrogens is 368 g/mol. The van der Waals surface area contributed by atoms with Crippen LogP contribution >= 0.6 is 0 Å². The maximum atomic E-state index is 14.0. The molecule has 7 nitrogen and oxygen atoms in total. The predicted molar refractivity (Wildman–Crippen MR) is 94.8 cm³/mol. The van der Waals surface area contributed by atoms with Crippen LogP contribution in [0.1, 0.15) is 49.4 Å². The predicted octanol–water partition coefficient (Wildman–Crippen LogP) is 3.49. The van der Waals surface area contributed by atoms with Gasteiger partial charge in [0.05, 0.1) is 17.2 Å². The van der Waals surface area contributed by atoms with E-state index in [0.717, 1.165) is 0 Å². The summed E-state index contributed by atoms with van der Waals surface area (Å²) >= 11 is 0. The number of para-hydroxylation sites is 1. The lowest BCUT2D eigenvalue weighted by Crippen LogP contribution is -2.46. The largest absolute Gasteiger partial charge is 0.339 e. The van der Waals surface area contributed by atoms with E-state index in [1.165, 1.54) is 18.2 Å². The molecule has 1 aliphatic heterocycles. The monoisotopic (exact) mass is 387 g/mol. The molecule has 1 aliphatic carbocycles. The van der Waals surface area contributed by atoms with Gasteiger partial charge in [0.1, 0.15) is 18.1 Å². The summed E-state index contributed by atoms with van der Waals surface area (Å²) in [6.45, 7) is 2.82. The maximum absolute atomic E-state index is 14.0. The average Bonchev–Trinajstić information content (AvgIpc) is 3.20. The zero-order valence-corrected chi connectivity index (χ0v) is 15.3. The van der Waals surface area contributed by atoms with E-state index in [2.05, 4.69) is 15.5 Å². The molecule has 1 aromatic carbocycles. The highest BCUT2D eigenvalue weighted by molar-refractivity contribution is 5.91. The third kappa shape index (κ3) is 3.30. The molecule has 0 radical (unpaired) electrons. The van der Waals surface area contributed by atoms with Crippen LogP contribution in [0.25, 0.3) is 0 Å². The highest BCUT2D eigenvalue weighted by Gasteiger charge is 2.45. The third-order valence-corrected chi connectivity index (χ3v) is 5.53. The normalized spacial score (nSPS) is 23.1. The van der Waals surface area contributed by atoms with Crippen molar-refractivity contribution < 1.29 is 18.1 Å². The molecule has 1 saturated heterocycles. The number of aromatic nitrogens is 2. The molecule has 2 fully saturated rings. The number of hydrogen-bond acceptors (Lipinski definition) is 5. The Morgan fingerprint density at radius 2 is 2.14 bits per heavy atom. The van der Waals surface area contributed by atoms with Gasteiger partial charge in [-0.15, -0.1) is 0 Å². The fourth-order valence-electron chi connectivity index (χ4n) is 3.41. The number of nitriles is 1. The molecule has 28 heavy (non-hydrogen) atoms. The van der Waals surface area contributed by atoms with Crippen molar-refractivity contribution in [2.75, 3.05) is 18.4 Å². The van der Waals surface area contributed by atoms with Gasteiger partial charge in [-0.25, -0.2) is 13.6 Å². The highest BCUT2D eigenvalue weighted by atomic mass is 19.1. The van der Waals surface area contributed by atoms with E-state index in [4.69, 9.17) is 9.78 Å². The van der Waals surface area contributed by atoms with Crippen LogP contribution < -0.4 is 5.32 Å². The molecule has 0 spiro atoms. The molecule has 1 N–H and O–H groups in total. The lowest BCUT2D eigenvalue weighted by atomic mass is 9.80. The number of halogens is 2. The fourth-order valence-corrected chi connectivity index (χ4v) is 3.41. The molecule has 0 bridgehead atoms. The number of anilines is 1. The highest BCUT2D eigenvalue weighted by Crippen LogP contribution is 2.43. The number of urea groups is 1. The molecule has 4 rings (SSSR count). The first-order chi connectivity index (χ1) is 13.4. The minimum atomic E-state index is -0.900. The van der Waals surface area contributed by atoms with Gasteiger partial charge >= 0.3 is 6.03 Å². The number of nitrogens with zero attached hydrogens (tertiary/aromatic N) is 4. The van der Waals surface area contributed by atoms with E-state index < -0.39 is 18.0 Å². The Balaban J connectivity index is 1.40. The molecule has 1 aromatic heterocycles. The third-order valence-electron chi connectivity index (χ3n) is 5.53.